The Balaban J connectivity index is 2.08. The molecule has 0 saturated heterocycles. The van der Waals surface area contributed by atoms with Crippen LogP contribution in [0.25, 0.3) is 0 Å². The highest BCUT2D eigenvalue weighted by molar-refractivity contribution is 8.00. The van der Waals surface area contributed by atoms with Gasteiger partial charge in [0.25, 0.3) is 0 Å². The van der Waals surface area contributed by atoms with Gasteiger partial charge in [-0.15, -0.1) is 11.8 Å². The third-order valence-corrected chi connectivity index (χ3v) is 5.38. The van der Waals surface area contributed by atoms with Crippen LogP contribution in [0.4, 0.5) is 0 Å². The fourth-order valence-corrected chi connectivity index (χ4v) is 4.27. The highest BCUT2D eigenvalue weighted by Crippen LogP contribution is 2.37. The monoisotopic (exact) mass is 279 g/mol. The molecule has 0 spiro atoms. The van der Waals surface area contributed by atoms with E-state index in [1.165, 1.54) is 43.4 Å². The molecule has 1 fully saturated rings. The fourth-order valence-electron chi connectivity index (χ4n) is 2.80. The Morgan fingerprint density at radius 3 is 2.58 bits per heavy atom. The van der Waals surface area contributed by atoms with Gasteiger partial charge in [0.1, 0.15) is 5.75 Å². The minimum Gasteiger partial charge on any atom is -0.496 e. The summed E-state index contributed by atoms with van der Waals surface area (Å²) in [7, 11) is 3.86. The standard InChI is InChI=1S/C16H25NOS/c1-17-13-9-5-3-4-6-11-15(13)19-16-12-8-7-10-14(16)18-2/h7-8,10,12-13,15,17H,3-6,9,11H2,1-2H3. The number of benzene rings is 1. The molecule has 19 heavy (non-hydrogen) atoms. The second-order valence-electron chi connectivity index (χ2n) is 5.19. The molecule has 0 bridgehead atoms. The molecule has 0 amide bonds. The number of thioether (sulfide) groups is 1. The first-order valence-corrected chi connectivity index (χ1v) is 8.20. The Morgan fingerprint density at radius 2 is 1.84 bits per heavy atom. The largest absolute Gasteiger partial charge is 0.496 e. The first-order chi connectivity index (χ1) is 9.35. The second-order valence-corrected chi connectivity index (χ2v) is 6.47. The lowest BCUT2D eigenvalue weighted by Gasteiger charge is -2.29. The van der Waals surface area contributed by atoms with E-state index in [1.54, 1.807) is 7.11 Å². The van der Waals surface area contributed by atoms with Gasteiger partial charge in [0.2, 0.25) is 0 Å². The molecular weight excluding hydrogens is 254 g/mol. The van der Waals surface area contributed by atoms with Crippen LogP contribution in [0.15, 0.2) is 29.2 Å². The summed E-state index contributed by atoms with van der Waals surface area (Å²) in [4.78, 5) is 1.27. The van der Waals surface area contributed by atoms with Gasteiger partial charge in [0.15, 0.2) is 0 Å². The fraction of sp³-hybridized carbons (Fsp3) is 0.625. The van der Waals surface area contributed by atoms with Gasteiger partial charge in [0, 0.05) is 16.2 Å². The van der Waals surface area contributed by atoms with E-state index < -0.39 is 0 Å². The van der Waals surface area contributed by atoms with Crippen LogP contribution in [0.2, 0.25) is 0 Å². The summed E-state index contributed by atoms with van der Waals surface area (Å²) in [5, 5.41) is 4.17. The quantitative estimate of drug-likeness (QED) is 0.896. The van der Waals surface area contributed by atoms with Gasteiger partial charge in [-0.1, -0.05) is 37.8 Å². The summed E-state index contributed by atoms with van der Waals surface area (Å²) in [6, 6.07) is 8.99. The Labute approximate surface area is 121 Å². The van der Waals surface area contributed by atoms with Crippen molar-refractivity contribution >= 4 is 11.8 Å². The van der Waals surface area contributed by atoms with Gasteiger partial charge < -0.3 is 10.1 Å². The zero-order chi connectivity index (χ0) is 13.5. The van der Waals surface area contributed by atoms with Crippen molar-refractivity contribution in [2.24, 2.45) is 0 Å². The molecule has 2 unspecified atom stereocenters. The van der Waals surface area contributed by atoms with Gasteiger partial charge in [-0.25, -0.2) is 0 Å². The molecule has 2 atom stereocenters. The van der Waals surface area contributed by atoms with E-state index in [1.807, 2.05) is 17.8 Å². The maximum absolute atomic E-state index is 5.47. The van der Waals surface area contributed by atoms with Gasteiger partial charge >= 0.3 is 0 Å². The van der Waals surface area contributed by atoms with Gasteiger partial charge in [0.05, 0.1) is 7.11 Å². The molecule has 1 aliphatic rings. The van der Waals surface area contributed by atoms with Crippen LogP contribution < -0.4 is 10.1 Å². The SMILES string of the molecule is CNC1CCCCCCC1Sc1ccccc1OC. The van der Waals surface area contributed by atoms with Gasteiger partial charge in [-0.3, -0.25) is 0 Å². The zero-order valence-electron chi connectivity index (χ0n) is 12.0. The van der Waals surface area contributed by atoms with Crippen LogP contribution in [0.3, 0.4) is 0 Å². The minimum atomic E-state index is 0.621. The van der Waals surface area contributed by atoms with E-state index in [2.05, 4.69) is 30.6 Å². The van der Waals surface area contributed by atoms with Crippen LogP contribution >= 0.6 is 11.8 Å². The van der Waals surface area contributed by atoms with E-state index in [4.69, 9.17) is 4.74 Å². The van der Waals surface area contributed by atoms with E-state index in [0.29, 0.717) is 11.3 Å². The molecule has 1 aromatic carbocycles. The Kier molecular flexibility index (Phi) is 6.05. The molecule has 106 valence electrons. The molecule has 2 rings (SSSR count). The average Bonchev–Trinajstić information content (AvgIpc) is 2.43. The minimum absolute atomic E-state index is 0.621. The lowest BCUT2D eigenvalue weighted by atomic mass is 9.96. The first-order valence-electron chi connectivity index (χ1n) is 7.32. The van der Waals surface area contributed by atoms with Crippen molar-refractivity contribution in [2.75, 3.05) is 14.2 Å². The van der Waals surface area contributed by atoms with Crippen molar-refractivity contribution < 1.29 is 4.74 Å². The van der Waals surface area contributed by atoms with Crippen molar-refractivity contribution in [2.45, 2.75) is 54.7 Å². The third kappa shape index (κ3) is 4.15. The van der Waals surface area contributed by atoms with Crippen molar-refractivity contribution in [3.8, 4) is 5.75 Å². The van der Waals surface area contributed by atoms with Crippen LogP contribution in [0.1, 0.15) is 38.5 Å². The number of nitrogens with one attached hydrogen (secondary N) is 1. The van der Waals surface area contributed by atoms with Crippen molar-refractivity contribution in [1.82, 2.24) is 5.32 Å². The molecule has 1 saturated carbocycles. The molecule has 1 aromatic rings. The normalized spacial score (nSPS) is 24.5. The molecule has 1 aliphatic carbocycles. The summed E-state index contributed by atoms with van der Waals surface area (Å²) in [5.41, 5.74) is 0. The average molecular weight is 279 g/mol. The van der Waals surface area contributed by atoms with Crippen molar-refractivity contribution in [3.05, 3.63) is 24.3 Å². The summed E-state index contributed by atoms with van der Waals surface area (Å²) < 4.78 is 5.47. The summed E-state index contributed by atoms with van der Waals surface area (Å²) in [6.45, 7) is 0. The lowest BCUT2D eigenvalue weighted by Crippen LogP contribution is -2.36. The van der Waals surface area contributed by atoms with E-state index in [-0.39, 0.29) is 0 Å². The molecular formula is C16H25NOS. The topological polar surface area (TPSA) is 21.3 Å². The molecule has 1 N–H and O–H groups in total. The second kappa shape index (κ2) is 7.81. The number of ether oxygens (including phenoxy) is 1. The summed E-state index contributed by atoms with van der Waals surface area (Å²) in [6.07, 6.45) is 8.08. The molecule has 2 nitrogen and oxygen atoms in total. The maximum atomic E-state index is 5.47. The molecule has 0 radical (unpaired) electrons. The van der Waals surface area contributed by atoms with Crippen molar-refractivity contribution in [1.29, 1.82) is 0 Å². The highest BCUT2D eigenvalue weighted by Gasteiger charge is 2.23. The van der Waals surface area contributed by atoms with Crippen LogP contribution in [0, 0.1) is 0 Å². The number of methoxy groups -OCH3 is 1. The molecule has 0 aromatic heterocycles. The first kappa shape index (κ1) is 14.7. The number of rotatable bonds is 4. The maximum Gasteiger partial charge on any atom is 0.132 e. The smallest absolute Gasteiger partial charge is 0.132 e. The molecule has 3 heteroatoms. The Bertz CT molecular complexity index is 383. The van der Waals surface area contributed by atoms with Crippen molar-refractivity contribution in [3.63, 3.8) is 0 Å². The summed E-state index contributed by atoms with van der Waals surface area (Å²) in [5.74, 6) is 1.00. The highest BCUT2D eigenvalue weighted by atomic mass is 32.2. The molecule has 0 heterocycles. The van der Waals surface area contributed by atoms with E-state index in [9.17, 15) is 0 Å². The van der Waals surface area contributed by atoms with E-state index >= 15 is 0 Å². The number of para-hydroxylation sites is 1. The number of hydrogen-bond acceptors (Lipinski definition) is 3. The van der Waals surface area contributed by atoms with Gasteiger partial charge in [-0.05, 0) is 32.0 Å². The van der Waals surface area contributed by atoms with Crippen LogP contribution in [-0.2, 0) is 0 Å². The molecule has 0 aliphatic heterocycles. The number of hydrogen-bond donors (Lipinski definition) is 1. The van der Waals surface area contributed by atoms with Gasteiger partial charge in [-0.2, -0.15) is 0 Å². The lowest BCUT2D eigenvalue weighted by molar-refractivity contribution is 0.402. The predicted molar refractivity (Wildman–Crippen MR) is 83.2 cm³/mol. The van der Waals surface area contributed by atoms with Crippen LogP contribution in [0.5, 0.6) is 5.75 Å². The zero-order valence-corrected chi connectivity index (χ0v) is 12.8. The predicted octanol–water partition coefficient (Wildman–Crippen LogP) is 4.10. The van der Waals surface area contributed by atoms with E-state index in [0.717, 1.165) is 5.75 Å². The van der Waals surface area contributed by atoms with Crippen LogP contribution in [-0.4, -0.2) is 25.4 Å². The summed E-state index contributed by atoms with van der Waals surface area (Å²) >= 11 is 1.98. The Hall–Kier alpha value is -0.670. The third-order valence-electron chi connectivity index (χ3n) is 3.92. The Morgan fingerprint density at radius 1 is 1.11 bits per heavy atom.